The summed E-state index contributed by atoms with van der Waals surface area (Å²) in [7, 11) is 0. The molecule has 46 heteroatoms. The Morgan fingerprint density at radius 2 is 0.893 bits per heavy atom. The molecule has 12 atom stereocenters. The van der Waals surface area contributed by atoms with Crippen LogP contribution in [0.25, 0.3) is 0 Å². The highest BCUT2D eigenvalue weighted by molar-refractivity contribution is 7.80. The fourth-order valence-electron chi connectivity index (χ4n) is 12.6. The van der Waals surface area contributed by atoms with Crippen LogP contribution in [0.3, 0.4) is 0 Å². The SMILES string of the molecule is CCCCC(NC(=O)[C@@H]1CCCN1C(=O)CNC(=O)[C@H](CCCCN)NC(=O)[C@H](CS)NC(=O)[C@H](CO)NC(=O)C(CC(C)C)NC(=O)[C@H](CS)NC(=O)[C@@H]1CCCN1C(=O)[C@H](CCCN=C(N)N)NC(=O)[C@H](CCC(N)=O)NC(=O)[C@H](CO)NC(=O)CNC(=O)CNC(=O)CNC(=O)CNC(=O)[C@@H](N)CCCCN)C(=O)NCCc1ccccc1. The van der Waals surface area contributed by atoms with Gasteiger partial charge in [0.05, 0.1) is 52.0 Å². The molecule has 0 bridgehead atoms. The lowest BCUT2D eigenvalue weighted by Crippen LogP contribution is -2.61. The average molecular weight is 1750 g/mol. The normalized spacial score (nSPS) is 16.0. The van der Waals surface area contributed by atoms with Gasteiger partial charge in [-0.3, -0.25) is 91.3 Å². The summed E-state index contributed by atoms with van der Waals surface area (Å²) in [5.41, 5.74) is 34.5. The van der Waals surface area contributed by atoms with E-state index >= 15 is 0 Å². The van der Waals surface area contributed by atoms with Gasteiger partial charge in [0, 0.05) is 44.1 Å². The third-order valence-corrected chi connectivity index (χ3v) is 20.0. The van der Waals surface area contributed by atoms with Crippen LogP contribution < -0.4 is 114 Å². The number of nitrogens with one attached hydrogen (secondary N) is 15. The third-order valence-electron chi connectivity index (χ3n) is 19.3. The maximum absolute atomic E-state index is 14.7. The van der Waals surface area contributed by atoms with Crippen molar-refractivity contribution in [3.63, 3.8) is 0 Å². The molecule has 121 heavy (non-hydrogen) atoms. The molecule has 29 N–H and O–H groups in total. The number of likely N-dealkylation sites (tertiary alicyclic amines) is 2. The van der Waals surface area contributed by atoms with E-state index in [0.717, 1.165) is 16.9 Å². The Balaban J connectivity index is 1.67. The predicted molar refractivity (Wildman–Crippen MR) is 448 cm³/mol. The number of carbonyl (C=O) groups excluding carboxylic acids is 18. The molecule has 2 heterocycles. The Hall–Kier alpha value is -10.6. The molecule has 1 aromatic carbocycles. The average Bonchev–Trinajstić information content (AvgIpc) is 1.73. The van der Waals surface area contributed by atoms with Crippen molar-refractivity contribution in [2.75, 3.05) is 96.7 Å². The van der Waals surface area contributed by atoms with E-state index in [0.29, 0.717) is 77.3 Å². The quantitative estimate of drug-likeness (QED) is 0.0125. The highest BCUT2D eigenvalue weighted by atomic mass is 32.1. The van der Waals surface area contributed by atoms with E-state index in [1.807, 2.05) is 37.3 Å². The Bertz CT molecular complexity index is 3640. The summed E-state index contributed by atoms with van der Waals surface area (Å²) in [5, 5.41) is 57.4. The van der Waals surface area contributed by atoms with Gasteiger partial charge in [0.25, 0.3) is 0 Å². The number of hydrogen-bond donors (Lipinski definition) is 25. The van der Waals surface area contributed by atoms with Crippen molar-refractivity contribution in [1.29, 1.82) is 0 Å². The van der Waals surface area contributed by atoms with Gasteiger partial charge >= 0.3 is 0 Å². The number of nitrogens with zero attached hydrogens (tertiary/aromatic N) is 3. The molecule has 0 aliphatic carbocycles. The minimum atomic E-state index is -1.80. The Labute approximate surface area is 713 Å². The minimum Gasteiger partial charge on any atom is -0.394 e. The highest BCUT2D eigenvalue weighted by Gasteiger charge is 2.42. The van der Waals surface area contributed by atoms with Gasteiger partial charge in [0.1, 0.15) is 66.5 Å². The molecule has 44 nitrogen and oxygen atoms in total. The lowest BCUT2D eigenvalue weighted by molar-refractivity contribution is -0.142. The van der Waals surface area contributed by atoms with Gasteiger partial charge in [0.15, 0.2) is 5.96 Å². The molecule has 2 aliphatic heterocycles. The number of aliphatic imine (C=N–C) groups is 1. The van der Waals surface area contributed by atoms with Crippen molar-refractivity contribution >= 4 is 138 Å². The van der Waals surface area contributed by atoms with Crippen LogP contribution in [0.1, 0.15) is 142 Å². The monoisotopic (exact) mass is 1750 g/mol. The van der Waals surface area contributed by atoms with Crippen LogP contribution in [-0.4, -0.2) is 302 Å². The molecular weight excluding hydrogens is 1620 g/mol. The fourth-order valence-corrected chi connectivity index (χ4v) is 13.2. The second-order valence-electron chi connectivity index (χ2n) is 29.5. The van der Waals surface area contributed by atoms with Gasteiger partial charge in [-0.1, -0.05) is 70.4 Å². The van der Waals surface area contributed by atoms with Gasteiger partial charge in [-0.05, 0) is 121 Å². The van der Waals surface area contributed by atoms with Crippen molar-refractivity contribution in [1.82, 2.24) is 89.6 Å². The molecule has 678 valence electrons. The molecule has 18 amide bonds. The number of aliphatic hydroxyl groups excluding tert-OH is 2. The van der Waals surface area contributed by atoms with Crippen molar-refractivity contribution in [3.8, 4) is 0 Å². The lowest BCUT2D eigenvalue weighted by atomic mass is 10.0. The molecule has 0 spiro atoms. The maximum Gasteiger partial charge on any atom is 0.245 e. The van der Waals surface area contributed by atoms with Crippen LogP contribution in [0, 0.1) is 5.92 Å². The molecule has 1 aromatic rings. The van der Waals surface area contributed by atoms with Crippen LogP contribution in [0.15, 0.2) is 35.3 Å². The molecular formula is C75H126N24O20S2. The molecule has 2 saturated heterocycles. The van der Waals surface area contributed by atoms with Gasteiger partial charge in [-0.2, -0.15) is 25.3 Å². The molecule has 3 rings (SSSR count). The number of unbranched alkanes of at least 4 members (excludes halogenated alkanes) is 3. The number of benzene rings is 1. The number of amides is 18. The number of hydrogen-bond acceptors (Lipinski definition) is 26. The van der Waals surface area contributed by atoms with E-state index in [9.17, 15) is 96.5 Å². The molecule has 0 radical (unpaired) electrons. The van der Waals surface area contributed by atoms with E-state index in [-0.39, 0.29) is 94.0 Å². The molecule has 2 aliphatic rings. The first-order valence-corrected chi connectivity index (χ1v) is 41.8. The van der Waals surface area contributed by atoms with Crippen LogP contribution in [0.5, 0.6) is 0 Å². The fraction of sp³-hybridized carbons (Fsp3) is 0.667. The summed E-state index contributed by atoms with van der Waals surface area (Å²) in [5.74, 6) is -16.7. The summed E-state index contributed by atoms with van der Waals surface area (Å²) < 4.78 is 0. The zero-order valence-corrected chi connectivity index (χ0v) is 70.7. The molecule has 0 aromatic heterocycles. The molecule has 0 saturated carbocycles. The van der Waals surface area contributed by atoms with E-state index < -0.39 is 232 Å². The standard InChI is InChI=1S/C75H126N24O20S2/c1-4-5-19-46(64(109)82-30-26-44-16-7-6-8-17-44)92-72(117)55-22-14-31-98(55)62(107)38-88-65(110)47(20-10-12-28-77)90-70(115)53(41-120)96-69(114)52(40-101)95-67(112)50(33-43(2)3)94-71(116)54(42-121)97-73(118)56-23-15-32-99(56)74(119)49(21-13-29-83-75(80)81)93-66(111)48(24-25-57(79)102)91-68(113)51(39-100)89-61(106)37-86-59(104)35-84-58(103)34-85-60(105)36-87-63(108)45(78)18-9-11-27-76/h6-8,16-17,43,45-56,100-101,120-121H,4-5,9-15,18-42,76-78H2,1-3H3,(H2,79,102)(H,82,109)(H,84,103)(H,85,105)(H,86,104)(H,87,108)(H,88,110)(H,89,106)(H,90,115)(H,91,113)(H,92,117)(H,93,111)(H,94,116)(H,95,112)(H,96,114)(H,97,118)(H4,80,81,83)/t45-,46?,47-,48-,49-,50?,51-,52-,53-,54-,55-,56-/m0/s1. The second-order valence-corrected chi connectivity index (χ2v) is 30.2. The maximum atomic E-state index is 14.7. The first kappa shape index (κ1) is 105. The third kappa shape index (κ3) is 39.7. The smallest absolute Gasteiger partial charge is 0.245 e. The first-order valence-electron chi connectivity index (χ1n) is 40.6. The Morgan fingerprint density at radius 3 is 1.44 bits per heavy atom. The number of rotatable bonds is 58. The van der Waals surface area contributed by atoms with Crippen LogP contribution in [0.2, 0.25) is 0 Å². The lowest BCUT2D eigenvalue weighted by Gasteiger charge is -2.31. The molecule has 2 fully saturated rings. The van der Waals surface area contributed by atoms with Crippen LogP contribution in [0.4, 0.5) is 0 Å². The topological polar surface area (TPSA) is 703 Å². The van der Waals surface area contributed by atoms with E-state index in [4.69, 9.17) is 34.4 Å². The number of primary amides is 1. The number of nitrogens with two attached hydrogens (primary N) is 6. The van der Waals surface area contributed by atoms with Crippen molar-refractivity contribution < 1.29 is 96.5 Å². The van der Waals surface area contributed by atoms with Gasteiger partial charge < -0.3 is 134 Å². The largest absolute Gasteiger partial charge is 0.394 e. The van der Waals surface area contributed by atoms with Crippen molar-refractivity contribution in [3.05, 3.63) is 35.9 Å². The summed E-state index contributed by atoms with van der Waals surface area (Å²) >= 11 is 8.55. The zero-order valence-electron chi connectivity index (χ0n) is 68.9. The van der Waals surface area contributed by atoms with Crippen LogP contribution >= 0.6 is 25.3 Å². The predicted octanol–water partition coefficient (Wildman–Crippen LogP) is -9.74. The number of guanidine groups is 1. The van der Waals surface area contributed by atoms with Gasteiger partial charge in [-0.25, -0.2) is 0 Å². The zero-order chi connectivity index (χ0) is 90.1. The summed E-state index contributed by atoms with van der Waals surface area (Å²) in [6, 6.07) is -6.95. The van der Waals surface area contributed by atoms with Gasteiger partial charge in [0.2, 0.25) is 106 Å². The van der Waals surface area contributed by atoms with Crippen LogP contribution in [-0.2, 0) is 92.7 Å². The van der Waals surface area contributed by atoms with Gasteiger partial charge in [-0.15, -0.1) is 0 Å². The summed E-state index contributed by atoms with van der Waals surface area (Å²) in [4.78, 5) is 248. The second kappa shape index (κ2) is 57.6. The Morgan fingerprint density at radius 1 is 0.463 bits per heavy atom. The minimum absolute atomic E-state index is 0.0223. The number of aliphatic hydroxyl groups is 2. The number of thiol groups is 2. The summed E-state index contributed by atoms with van der Waals surface area (Å²) in [6.07, 6.45) is 4.46. The first-order chi connectivity index (χ1) is 57.6. The van der Waals surface area contributed by atoms with E-state index in [1.165, 1.54) is 4.90 Å². The number of carbonyl (C=O) groups is 18. The van der Waals surface area contributed by atoms with E-state index in [1.54, 1.807) is 13.8 Å². The van der Waals surface area contributed by atoms with Crippen molar-refractivity contribution in [2.24, 2.45) is 45.3 Å². The van der Waals surface area contributed by atoms with E-state index in [2.05, 4.69) is 110 Å². The Kier molecular flexibility index (Phi) is 49.8. The highest BCUT2D eigenvalue weighted by Crippen LogP contribution is 2.22. The molecule has 2 unspecified atom stereocenters. The van der Waals surface area contributed by atoms with Crippen molar-refractivity contribution in [2.45, 2.75) is 215 Å². The summed E-state index contributed by atoms with van der Waals surface area (Å²) in [6.45, 7) is 1.12.